The first kappa shape index (κ1) is 21.6. The van der Waals surface area contributed by atoms with E-state index in [0.717, 1.165) is 38.7 Å². The van der Waals surface area contributed by atoms with Crippen molar-refractivity contribution < 1.29 is 23.8 Å². The molecule has 3 rings (SSSR count). The number of esters is 1. The zero-order valence-corrected chi connectivity index (χ0v) is 17.1. The number of alkyl halides is 1. The second-order valence-corrected chi connectivity index (χ2v) is 8.72. The van der Waals surface area contributed by atoms with Crippen LogP contribution >= 0.6 is 0 Å². The minimum atomic E-state index is -1.13. The zero-order valence-electron chi connectivity index (χ0n) is 17.1. The molecule has 0 aromatic heterocycles. The second kappa shape index (κ2) is 10.6. The maximum absolute atomic E-state index is 14.6. The van der Waals surface area contributed by atoms with E-state index < -0.39 is 12.3 Å². The van der Waals surface area contributed by atoms with Crippen molar-refractivity contribution in [3.8, 4) is 11.8 Å². The fourth-order valence-electron chi connectivity index (χ4n) is 4.75. The highest BCUT2D eigenvalue weighted by atomic mass is 19.1. The van der Waals surface area contributed by atoms with Crippen LogP contribution in [0.3, 0.4) is 0 Å². The van der Waals surface area contributed by atoms with Crippen molar-refractivity contribution in [1.82, 2.24) is 0 Å². The van der Waals surface area contributed by atoms with Crippen molar-refractivity contribution >= 4 is 5.97 Å². The number of hydrogen-bond donors (Lipinski definition) is 1. The van der Waals surface area contributed by atoms with Gasteiger partial charge < -0.3 is 14.6 Å². The van der Waals surface area contributed by atoms with Gasteiger partial charge in [0.25, 0.3) is 0 Å². The van der Waals surface area contributed by atoms with Gasteiger partial charge >= 0.3 is 5.97 Å². The van der Waals surface area contributed by atoms with Crippen molar-refractivity contribution in [2.45, 2.75) is 102 Å². The minimum Gasteiger partial charge on any atom is -0.459 e. The summed E-state index contributed by atoms with van der Waals surface area (Å²) in [4.78, 5) is 12.3. The van der Waals surface area contributed by atoms with Crippen molar-refractivity contribution in [1.29, 1.82) is 0 Å². The molecule has 0 amide bonds. The van der Waals surface area contributed by atoms with Gasteiger partial charge in [-0.15, -0.1) is 0 Å². The molecule has 5 heteroatoms. The van der Waals surface area contributed by atoms with Gasteiger partial charge in [0, 0.05) is 18.4 Å². The zero-order chi connectivity index (χ0) is 19.9. The molecule has 3 atom stereocenters. The van der Waals surface area contributed by atoms with Crippen molar-refractivity contribution in [2.75, 3.05) is 6.61 Å². The Balaban J connectivity index is 1.40. The summed E-state index contributed by atoms with van der Waals surface area (Å²) >= 11 is 0. The predicted octanol–water partition coefficient (Wildman–Crippen LogP) is 4.19. The first-order valence-electron chi connectivity index (χ1n) is 11.2. The van der Waals surface area contributed by atoms with Gasteiger partial charge in [0.2, 0.25) is 0 Å². The molecule has 0 radical (unpaired) electrons. The van der Waals surface area contributed by atoms with Gasteiger partial charge in [-0.1, -0.05) is 11.8 Å². The lowest BCUT2D eigenvalue weighted by atomic mass is 9.84. The molecule has 0 heterocycles. The Bertz CT molecular complexity index is 553. The Labute approximate surface area is 168 Å². The number of ether oxygens (including phenoxy) is 2. The molecule has 4 nitrogen and oxygen atoms in total. The van der Waals surface area contributed by atoms with Crippen LogP contribution in [0.5, 0.6) is 0 Å². The quantitative estimate of drug-likeness (QED) is 0.574. The Morgan fingerprint density at radius 2 is 1.61 bits per heavy atom. The van der Waals surface area contributed by atoms with Gasteiger partial charge in [0.05, 0.1) is 18.1 Å². The van der Waals surface area contributed by atoms with E-state index in [0.29, 0.717) is 50.5 Å². The molecule has 3 aliphatic carbocycles. The van der Waals surface area contributed by atoms with Crippen LogP contribution in [-0.4, -0.2) is 42.2 Å². The highest BCUT2D eigenvalue weighted by Gasteiger charge is 2.35. The highest BCUT2D eigenvalue weighted by molar-refractivity contribution is 5.72. The first-order valence-corrected chi connectivity index (χ1v) is 11.2. The summed E-state index contributed by atoms with van der Waals surface area (Å²) in [6.45, 7) is 2.81. The number of aliphatic hydroxyl groups is 1. The van der Waals surface area contributed by atoms with Crippen LogP contribution in [0, 0.1) is 29.6 Å². The van der Waals surface area contributed by atoms with Crippen LogP contribution in [-0.2, 0) is 14.3 Å². The molecule has 3 unspecified atom stereocenters. The molecule has 3 saturated carbocycles. The highest BCUT2D eigenvalue weighted by Crippen LogP contribution is 2.32. The van der Waals surface area contributed by atoms with E-state index >= 15 is 0 Å². The molecule has 1 N–H and O–H groups in total. The second-order valence-electron chi connectivity index (χ2n) is 8.72. The van der Waals surface area contributed by atoms with E-state index in [1.54, 1.807) is 0 Å². The Morgan fingerprint density at radius 1 is 0.964 bits per heavy atom. The van der Waals surface area contributed by atoms with E-state index in [1.807, 2.05) is 6.92 Å². The molecule has 0 aromatic rings. The summed E-state index contributed by atoms with van der Waals surface area (Å²) in [5.41, 5.74) is 0. The number of rotatable bonds is 4. The largest absolute Gasteiger partial charge is 0.459 e. The summed E-state index contributed by atoms with van der Waals surface area (Å²) < 4.78 is 25.8. The Kier molecular flexibility index (Phi) is 8.17. The summed E-state index contributed by atoms with van der Waals surface area (Å²) in [6.07, 6.45) is 6.87. The molecule has 158 valence electrons. The van der Waals surface area contributed by atoms with E-state index in [1.165, 1.54) is 0 Å². The van der Waals surface area contributed by atoms with Crippen LogP contribution in [0.2, 0.25) is 0 Å². The van der Waals surface area contributed by atoms with Gasteiger partial charge in [0.1, 0.15) is 12.3 Å². The van der Waals surface area contributed by atoms with E-state index in [2.05, 4.69) is 11.8 Å². The number of halogens is 1. The maximum Gasteiger partial charge on any atom is 0.309 e. The van der Waals surface area contributed by atoms with Gasteiger partial charge in [-0.05, 0) is 77.6 Å². The average Bonchev–Trinajstić information content (AvgIpc) is 2.70. The van der Waals surface area contributed by atoms with Crippen LogP contribution in [0.15, 0.2) is 0 Å². The van der Waals surface area contributed by atoms with Crippen LogP contribution < -0.4 is 0 Å². The Morgan fingerprint density at radius 3 is 2.25 bits per heavy atom. The molecular formula is C23H35FO4. The third-order valence-corrected chi connectivity index (χ3v) is 6.58. The molecule has 0 aliphatic heterocycles. The number of hydrogen-bond acceptors (Lipinski definition) is 4. The number of carbonyl (C=O) groups is 1. The van der Waals surface area contributed by atoms with Gasteiger partial charge in [0.15, 0.2) is 0 Å². The van der Waals surface area contributed by atoms with E-state index in [9.17, 15) is 14.3 Å². The van der Waals surface area contributed by atoms with E-state index in [4.69, 9.17) is 9.47 Å². The molecule has 0 saturated heterocycles. The van der Waals surface area contributed by atoms with Gasteiger partial charge in [-0.25, -0.2) is 4.39 Å². The molecule has 28 heavy (non-hydrogen) atoms. The molecule has 3 aliphatic rings. The minimum absolute atomic E-state index is 0.0689. The lowest BCUT2D eigenvalue weighted by Gasteiger charge is -2.31. The van der Waals surface area contributed by atoms with Crippen molar-refractivity contribution in [2.24, 2.45) is 17.8 Å². The van der Waals surface area contributed by atoms with Crippen LogP contribution in [0.4, 0.5) is 4.39 Å². The topological polar surface area (TPSA) is 55.8 Å². The third-order valence-electron chi connectivity index (χ3n) is 6.58. The SMILES string of the molecule is CCOC1CCC(C#CC2CCC(OC(=O)C3CCC(O)CC3)C(F)C2)CC1. The first-order chi connectivity index (χ1) is 13.5. The van der Waals surface area contributed by atoms with Crippen molar-refractivity contribution in [3.63, 3.8) is 0 Å². The summed E-state index contributed by atoms with van der Waals surface area (Å²) in [5, 5.41) is 9.55. The molecule has 0 spiro atoms. The monoisotopic (exact) mass is 394 g/mol. The lowest BCUT2D eigenvalue weighted by molar-refractivity contribution is -0.161. The van der Waals surface area contributed by atoms with Crippen LogP contribution in [0.1, 0.15) is 77.6 Å². The summed E-state index contributed by atoms with van der Waals surface area (Å²) in [6, 6.07) is 0. The smallest absolute Gasteiger partial charge is 0.309 e. The normalized spacial score (nSPS) is 38.9. The molecule has 0 bridgehead atoms. The fourth-order valence-corrected chi connectivity index (χ4v) is 4.75. The molecule has 0 aromatic carbocycles. The lowest BCUT2D eigenvalue weighted by Crippen LogP contribution is -2.37. The number of carbonyl (C=O) groups excluding carboxylic acids is 1. The fraction of sp³-hybridized carbons (Fsp3) is 0.870. The maximum atomic E-state index is 14.6. The van der Waals surface area contributed by atoms with Gasteiger partial charge in [-0.2, -0.15) is 0 Å². The number of aliphatic hydroxyl groups excluding tert-OH is 1. The predicted molar refractivity (Wildman–Crippen MR) is 105 cm³/mol. The average molecular weight is 395 g/mol. The van der Waals surface area contributed by atoms with Crippen LogP contribution in [0.25, 0.3) is 0 Å². The molecule has 3 fully saturated rings. The summed E-state index contributed by atoms with van der Waals surface area (Å²) in [7, 11) is 0. The molecular weight excluding hydrogens is 359 g/mol. The standard InChI is InChI=1S/C23H35FO4/c1-2-27-20-12-5-16(6-13-20)3-4-17-7-14-22(21(24)15-17)28-23(26)18-8-10-19(25)11-9-18/h16-22,25H,2,5-15H2,1H3. The van der Waals surface area contributed by atoms with Crippen molar-refractivity contribution in [3.05, 3.63) is 0 Å². The van der Waals surface area contributed by atoms with Gasteiger partial charge in [-0.3, -0.25) is 4.79 Å². The summed E-state index contributed by atoms with van der Waals surface area (Å²) in [5.74, 6) is 6.71. The Hall–Kier alpha value is -1.12. The third kappa shape index (κ3) is 6.19. The van der Waals surface area contributed by atoms with E-state index in [-0.39, 0.29) is 23.9 Å².